The monoisotopic (exact) mass is 322 g/mol. The molecule has 1 unspecified atom stereocenters. The summed E-state index contributed by atoms with van der Waals surface area (Å²) >= 11 is 0. The first-order chi connectivity index (χ1) is 11.0. The second-order valence-corrected chi connectivity index (χ2v) is 6.14. The molecule has 130 valence electrons. The Morgan fingerprint density at radius 1 is 1.22 bits per heavy atom. The zero-order valence-electron chi connectivity index (χ0n) is 14.7. The van der Waals surface area contributed by atoms with Crippen molar-refractivity contribution in [3.05, 3.63) is 29.8 Å². The number of methoxy groups -OCH3 is 1. The Labute approximate surface area is 139 Å². The van der Waals surface area contributed by atoms with E-state index in [2.05, 4.69) is 13.8 Å². The Morgan fingerprint density at radius 3 is 2.43 bits per heavy atom. The van der Waals surface area contributed by atoms with Gasteiger partial charge in [-0.15, -0.1) is 0 Å². The van der Waals surface area contributed by atoms with Crippen molar-refractivity contribution in [3.63, 3.8) is 0 Å². The molecule has 1 amide bonds. The predicted octanol–water partition coefficient (Wildman–Crippen LogP) is 2.55. The van der Waals surface area contributed by atoms with Crippen LogP contribution in [-0.4, -0.2) is 50.8 Å². The molecule has 0 spiro atoms. The van der Waals surface area contributed by atoms with Gasteiger partial charge in [0.25, 0.3) is 5.91 Å². The molecule has 1 aromatic rings. The van der Waals surface area contributed by atoms with Gasteiger partial charge in [0.2, 0.25) is 0 Å². The highest BCUT2D eigenvalue weighted by molar-refractivity contribution is 5.94. The minimum absolute atomic E-state index is 0.00638. The third kappa shape index (κ3) is 7.01. The Balaban J connectivity index is 2.46. The molecule has 0 aliphatic heterocycles. The Bertz CT molecular complexity index is 460. The van der Waals surface area contributed by atoms with E-state index < -0.39 is 0 Å². The molecule has 1 aromatic carbocycles. The summed E-state index contributed by atoms with van der Waals surface area (Å²) in [5.41, 5.74) is 6.69. The molecule has 5 nitrogen and oxygen atoms in total. The van der Waals surface area contributed by atoms with Crippen LogP contribution in [0.25, 0.3) is 0 Å². The number of carbonyl (C=O) groups is 1. The van der Waals surface area contributed by atoms with Gasteiger partial charge in [0.1, 0.15) is 5.75 Å². The molecule has 0 aliphatic rings. The van der Waals surface area contributed by atoms with E-state index in [4.69, 9.17) is 15.2 Å². The summed E-state index contributed by atoms with van der Waals surface area (Å²) in [6, 6.07) is 7.37. The molecule has 0 saturated heterocycles. The normalized spacial score (nSPS) is 12.3. The lowest BCUT2D eigenvalue weighted by molar-refractivity contribution is 0.0789. The molecule has 0 aliphatic carbocycles. The Hall–Kier alpha value is -1.59. The summed E-state index contributed by atoms with van der Waals surface area (Å²) in [5, 5.41) is 0. The smallest absolute Gasteiger partial charge is 0.253 e. The van der Waals surface area contributed by atoms with Gasteiger partial charge in [-0.1, -0.05) is 13.8 Å². The van der Waals surface area contributed by atoms with E-state index in [0.29, 0.717) is 31.2 Å². The van der Waals surface area contributed by atoms with Crippen molar-refractivity contribution in [1.29, 1.82) is 0 Å². The van der Waals surface area contributed by atoms with Crippen molar-refractivity contribution < 1.29 is 14.3 Å². The maximum Gasteiger partial charge on any atom is 0.253 e. The summed E-state index contributed by atoms with van der Waals surface area (Å²) in [4.78, 5) is 14.1. The average molecular weight is 322 g/mol. The summed E-state index contributed by atoms with van der Waals surface area (Å²) in [6.07, 6.45) is 1.65. The van der Waals surface area contributed by atoms with Crippen molar-refractivity contribution in [1.82, 2.24) is 4.90 Å². The number of ether oxygens (including phenoxy) is 2. The van der Waals surface area contributed by atoms with E-state index in [1.807, 2.05) is 19.2 Å². The van der Waals surface area contributed by atoms with E-state index in [-0.39, 0.29) is 11.9 Å². The van der Waals surface area contributed by atoms with Crippen LogP contribution in [0, 0.1) is 5.92 Å². The van der Waals surface area contributed by atoms with Crippen LogP contribution in [0.2, 0.25) is 0 Å². The highest BCUT2D eigenvalue weighted by Gasteiger charge is 2.14. The van der Waals surface area contributed by atoms with Gasteiger partial charge >= 0.3 is 0 Å². The lowest BCUT2D eigenvalue weighted by Crippen LogP contribution is -2.34. The molecule has 23 heavy (non-hydrogen) atoms. The van der Waals surface area contributed by atoms with Gasteiger partial charge in [0.05, 0.1) is 6.61 Å². The number of benzene rings is 1. The van der Waals surface area contributed by atoms with Crippen LogP contribution in [0.3, 0.4) is 0 Å². The van der Waals surface area contributed by atoms with E-state index in [0.717, 1.165) is 18.6 Å². The first-order valence-corrected chi connectivity index (χ1v) is 8.18. The summed E-state index contributed by atoms with van der Waals surface area (Å²) in [6.45, 7) is 6.14. The van der Waals surface area contributed by atoms with Crippen molar-refractivity contribution >= 4 is 5.91 Å². The molecule has 0 saturated carbocycles. The second-order valence-electron chi connectivity index (χ2n) is 6.14. The first-order valence-electron chi connectivity index (χ1n) is 8.18. The molecule has 5 heteroatoms. The molecule has 1 atom stereocenters. The molecule has 0 bridgehead atoms. The Kier molecular flexibility index (Phi) is 8.66. The molecule has 0 heterocycles. The fourth-order valence-electron chi connectivity index (χ4n) is 2.09. The lowest BCUT2D eigenvalue weighted by Gasteiger charge is -2.21. The number of hydrogen-bond donors (Lipinski definition) is 1. The summed E-state index contributed by atoms with van der Waals surface area (Å²) in [7, 11) is 3.48. The average Bonchev–Trinajstić information content (AvgIpc) is 2.56. The van der Waals surface area contributed by atoms with E-state index in [1.165, 1.54) is 0 Å². The van der Waals surface area contributed by atoms with Crippen LogP contribution in [0.4, 0.5) is 0 Å². The van der Waals surface area contributed by atoms with E-state index in [1.54, 1.807) is 24.1 Å². The van der Waals surface area contributed by atoms with Crippen LogP contribution in [-0.2, 0) is 4.74 Å². The maximum atomic E-state index is 12.4. The fourth-order valence-corrected chi connectivity index (χ4v) is 2.09. The van der Waals surface area contributed by atoms with Gasteiger partial charge < -0.3 is 20.1 Å². The van der Waals surface area contributed by atoms with E-state index >= 15 is 0 Å². The second kappa shape index (κ2) is 10.2. The molecule has 1 rings (SSSR count). The number of amides is 1. The third-order valence-corrected chi connectivity index (χ3v) is 3.86. The van der Waals surface area contributed by atoms with Crippen LogP contribution in [0.5, 0.6) is 5.75 Å². The number of nitrogens with two attached hydrogens (primary N) is 1. The molecular weight excluding hydrogens is 292 g/mol. The minimum atomic E-state index is 0.00638. The number of carbonyl (C=O) groups excluding carboxylic acids is 1. The zero-order valence-corrected chi connectivity index (χ0v) is 14.7. The molecule has 2 N–H and O–H groups in total. The summed E-state index contributed by atoms with van der Waals surface area (Å²) in [5.74, 6) is 1.20. The zero-order chi connectivity index (χ0) is 17.2. The quantitative estimate of drug-likeness (QED) is 0.672. The SMILES string of the molecule is COCCCOc1ccc(C(=O)N(C)CCC(N)C(C)C)cc1. The third-order valence-electron chi connectivity index (χ3n) is 3.86. The maximum absolute atomic E-state index is 12.4. The Morgan fingerprint density at radius 2 is 1.87 bits per heavy atom. The van der Waals surface area contributed by atoms with Gasteiger partial charge in [-0.25, -0.2) is 0 Å². The molecular formula is C18H30N2O3. The van der Waals surface area contributed by atoms with Crippen LogP contribution >= 0.6 is 0 Å². The molecule has 0 fully saturated rings. The van der Waals surface area contributed by atoms with Crippen molar-refractivity contribution in [3.8, 4) is 5.75 Å². The highest BCUT2D eigenvalue weighted by atomic mass is 16.5. The number of nitrogens with zero attached hydrogens (tertiary/aromatic N) is 1. The van der Waals surface area contributed by atoms with Crippen molar-refractivity contribution in [2.45, 2.75) is 32.7 Å². The van der Waals surface area contributed by atoms with Crippen LogP contribution < -0.4 is 10.5 Å². The largest absolute Gasteiger partial charge is 0.494 e. The highest BCUT2D eigenvalue weighted by Crippen LogP contribution is 2.14. The number of hydrogen-bond acceptors (Lipinski definition) is 4. The topological polar surface area (TPSA) is 64.8 Å². The van der Waals surface area contributed by atoms with Gasteiger partial charge in [-0.05, 0) is 36.6 Å². The number of rotatable bonds is 10. The van der Waals surface area contributed by atoms with Crippen LogP contribution in [0.1, 0.15) is 37.0 Å². The van der Waals surface area contributed by atoms with E-state index in [9.17, 15) is 4.79 Å². The van der Waals surface area contributed by atoms with Gasteiger partial charge in [-0.2, -0.15) is 0 Å². The molecule has 0 aromatic heterocycles. The van der Waals surface area contributed by atoms with Gasteiger partial charge in [0.15, 0.2) is 0 Å². The van der Waals surface area contributed by atoms with Gasteiger partial charge in [-0.3, -0.25) is 4.79 Å². The van der Waals surface area contributed by atoms with Crippen molar-refractivity contribution in [2.75, 3.05) is 33.9 Å². The standard InChI is InChI=1S/C18H30N2O3/c1-14(2)17(19)10-11-20(3)18(21)15-6-8-16(9-7-15)23-13-5-12-22-4/h6-9,14,17H,5,10-13,19H2,1-4H3. The van der Waals surface area contributed by atoms with Crippen LogP contribution in [0.15, 0.2) is 24.3 Å². The van der Waals surface area contributed by atoms with Gasteiger partial charge in [0, 0.05) is 45.3 Å². The molecule has 0 radical (unpaired) electrons. The summed E-state index contributed by atoms with van der Waals surface area (Å²) < 4.78 is 10.6. The minimum Gasteiger partial charge on any atom is -0.494 e. The predicted molar refractivity (Wildman–Crippen MR) is 92.8 cm³/mol. The fraction of sp³-hybridized carbons (Fsp3) is 0.611. The van der Waals surface area contributed by atoms with Crippen molar-refractivity contribution in [2.24, 2.45) is 11.7 Å². The first kappa shape index (κ1) is 19.5. The lowest BCUT2D eigenvalue weighted by atomic mass is 10.0.